The predicted octanol–water partition coefficient (Wildman–Crippen LogP) is 1.88. The molecule has 0 heterocycles. The first-order valence-electron chi connectivity index (χ1n) is 5.68. The van der Waals surface area contributed by atoms with Crippen molar-refractivity contribution in [2.75, 3.05) is 19.6 Å². The first-order valence-corrected chi connectivity index (χ1v) is 5.68. The van der Waals surface area contributed by atoms with Crippen LogP contribution in [0.5, 0.6) is 0 Å². The molecule has 1 aliphatic rings. The normalized spacial score (nSPS) is 20.3. The second kappa shape index (κ2) is 5.61. The van der Waals surface area contributed by atoms with Crippen LogP contribution in [0.15, 0.2) is 0 Å². The molecular weight excluding hydrogens is 162 g/mol. The van der Waals surface area contributed by atoms with Crippen molar-refractivity contribution in [3.05, 3.63) is 0 Å². The molecule has 2 nitrogen and oxygen atoms in total. The standard InChI is InChI=1S/C11H23NO/c1-3-12(4-2)9-8-11(13)10-6-5-7-10/h10-11,13H,3-9H2,1-2H3. The van der Waals surface area contributed by atoms with E-state index in [9.17, 15) is 5.11 Å². The Morgan fingerprint density at radius 2 is 1.92 bits per heavy atom. The van der Waals surface area contributed by atoms with Crippen LogP contribution < -0.4 is 0 Å². The van der Waals surface area contributed by atoms with Gasteiger partial charge in [0.25, 0.3) is 0 Å². The van der Waals surface area contributed by atoms with Gasteiger partial charge in [0, 0.05) is 6.54 Å². The lowest BCUT2D eigenvalue weighted by Crippen LogP contribution is -2.32. The molecule has 1 saturated carbocycles. The third-order valence-electron chi connectivity index (χ3n) is 3.33. The van der Waals surface area contributed by atoms with Gasteiger partial charge < -0.3 is 10.0 Å². The van der Waals surface area contributed by atoms with Crippen molar-refractivity contribution >= 4 is 0 Å². The van der Waals surface area contributed by atoms with E-state index in [-0.39, 0.29) is 6.10 Å². The summed E-state index contributed by atoms with van der Waals surface area (Å²) in [5.41, 5.74) is 0. The Bertz CT molecular complexity index is 130. The highest BCUT2D eigenvalue weighted by molar-refractivity contribution is 4.77. The molecule has 0 aromatic carbocycles. The minimum Gasteiger partial charge on any atom is -0.393 e. The molecule has 0 aliphatic heterocycles. The van der Waals surface area contributed by atoms with E-state index in [4.69, 9.17) is 0 Å². The molecule has 0 aromatic rings. The smallest absolute Gasteiger partial charge is 0.0580 e. The highest BCUT2D eigenvalue weighted by Crippen LogP contribution is 2.30. The molecule has 1 rings (SSSR count). The summed E-state index contributed by atoms with van der Waals surface area (Å²) in [6.07, 6.45) is 4.76. The molecule has 1 fully saturated rings. The molecular formula is C11H23NO. The number of nitrogens with zero attached hydrogens (tertiary/aromatic N) is 1. The molecule has 0 amide bonds. The van der Waals surface area contributed by atoms with Crippen LogP contribution in [-0.4, -0.2) is 35.7 Å². The van der Waals surface area contributed by atoms with E-state index in [2.05, 4.69) is 18.7 Å². The van der Waals surface area contributed by atoms with Crippen molar-refractivity contribution in [1.82, 2.24) is 4.90 Å². The van der Waals surface area contributed by atoms with E-state index in [1.165, 1.54) is 19.3 Å². The summed E-state index contributed by atoms with van der Waals surface area (Å²) in [5.74, 6) is 0.621. The molecule has 1 aliphatic carbocycles. The van der Waals surface area contributed by atoms with Gasteiger partial charge in [-0.3, -0.25) is 0 Å². The highest BCUT2D eigenvalue weighted by atomic mass is 16.3. The van der Waals surface area contributed by atoms with Crippen LogP contribution in [0.4, 0.5) is 0 Å². The van der Waals surface area contributed by atoms with Crippen molar-refractivity contribution in [2.45, 2.75) is 45.6 Å². The summed E-state index contributed by atoms with van der Waals surface area (Å²) in [6.45, 7) is 7.63. The monoisotopic (exact) mass is 185 g/mol. The maximum Gasteiger partial charge on any atom is 0.0580 e. The fourth-order valence-electron chi connectivity index (χ4n) is 1.91. The second-order valence-corrected chi connectivity index (χ2v) is 4.07. The summed E-state index contributed by atoms with van der Waals surface area (Å²) in [4.78, 5) is 2.38. The topological polar surface area (TPSA) is 23.5 Å². The summed E-state index contributed by atoms with van der Waals surface area (Å²) >= 11 is 0. The van der Waals surface area contributed by atoms with E-state index in [0.717, 1.165) is 26.1 Å². The first-order chi connectivity index (χ1) is 6.27. The van der Waals surface area contributed by atoms with Gasteiger partial charge in [-0.05, 0) is 38.3 Å². The number of aliphatic hydroxyl groups is 1. The third-order valence-corrected chi connectivity index (χ3v) is 3.33. The molecule has 13 heavy (non-hydrogen) atoms. The molecule has 0 aromatic heterocycles. The quantitative estimate of drug-likeness (QED) is 0.683. The van der Waals surface area contributed by atoms with Crippen molar-refractivity contribution < 1.29 is 5.11 Å². The molecule has 2 heteroatoms. The van der Waals surface area contributed by atoms with Crippen molar-refractivity contribution in [2.24, 2.45) is 5.92 Å². The third kappa shape index (κ3) is 3.28. The molecule has 1 atom stereocenters. The Morgan fingerprint density at radius 1 is 1.31 bits per heavy atom. The van der Waals surface area contributed by atoms with Crippen LogP contribution in [0, 0.1) is 5.92 Å². The fraction of sp³-hybridized carbons (Fsp3) is 1.00. The highest BCUT2D eigenvalue weighted by Gasteiger charge is 2.25. The van der Waals surface area contributed by atoms with E-state index >= 15 is 0 Å². The van der Waals surface area contributed by atoms with Crippen molar-refractivity contribution in [1.29, 1.82) is 0 Å². The summed E-state index contributed by atoms with van der Waals surface area (Å²) in [6, 6.07) is 0. The van der Waals surface area contributed by atoms with Crippen LogP contribution >= 0.6 is 0 Å². The molecule has 1 N–H and O–H groups in total. The van der Waals surface area contributed by atoms with Gasteiger partial charge in [0.15, 0.2) is 0 Å². The van der Waals surface area contributed by atoms with E-state index in [0.29, 0.717) is 5.92 Å². The van der Waals surface area contributed by atoms with Crippen molar-refractivity contribution in [3.63, 3.8) is 0 Å². The van der Waals surface area contributed by atoms with E-state index < -0.39 is 0 Å². The number of hydrogen-bond donors (Lipinski definition) is 1. The number of rotatable bonds is 6. The van der Waals surface area contributed by atoms with Gasteiger partial charge in [-0.25, -0.2) is 0 Å². The fourth-order valence-corrected chi connectivity index (χ4v) is 1.91. The van der Waals surface area contributed by atoms with Crippen LogP contribution in [0.2, 0.25) is 0 Å². The SMILES string of the molecule is CCN(CC)CCC(O)C1CCC1. The van der Waals surface area contributed by atoms with Crippen LogP contribution in [0.25, 0.3) is 0 Å². The largest absolute Gasteiger partial charge is 0.393 e. The van der Waals surface area contributed by atoms with Gasteiger partial charge in [-0.1, -0.05) is 20.3 Å². The second-order valence-electron chi connectivity index (χ2n) is 4.07. The van der Waals surface area contributed by atoms with Gasteiger partial charge in [0.1, 0.15) is 0 Å². The van der Waals surface area contributed by atoms with Crippen LogP contribution in [0.1, 0.15) is 39.5 Å². The average Bonchev–Trinajstić information content (AvgIpc) is 2.03. The predicted molar refractivity (Wildman–Crippen MR) is 55.8 cm³/mol. The molecule has 0 saturated heterocycles. The van der Waals surface area contributed by atoms with Gasteiger partial charge in [-0.2, -0.15) is 0 Å². The summed E-state index contributed by atoms with van der Waals surface area (Å²) in [7, 11) is 0. The average molecular weight is 185 g/mol. The Morgan fingerprint density at radius 3 is 2.31 bits per heavy atom. The van der Waals surface area contributed by atoms with E-state index in [1.54, 1.807) is 0 Å². The van der Waals surface area contributed by atoms with Gasteiger partial charge >= 0.3 is 0 Å². The summed E-state index contributed by atoms with van der Waals surface area (Å²) in [5, 5.41) is 9.78. The Kier molecular flexibility index (Phi) is 4.74. The molecule has 78 valence electrons. The first kappa shape index (κ1) is 11.0. The minimum absolute atomic E-state index is 0.0330. The number of hydrogen-bond acceptors (Lipinski definition) is 2. The maximum absolute atomic E-state index is 9.78. The zero-order valence-electron chi connectivity index (χ0n) is 9.00. The maximum atomic E-state index is 9.78. The minimum atomic E-state index is -0.0330. The molecule has 1 unspecified atom stereocenters. The van der Waals surface area contributed by atoms with Crippen molar-refractivity contribution in [3.8, 4) is 0 Å². The van der Waals surface area contributed by atoms with E-state index in [1.807, 2.05) is 0 Å². The lowest BCUT2D eigenvalue weighted by Gasteiger charge is -2.31. The van der Waals surface area contributed by atoms with Gasteiger partial charge in [0.05, 0.1) is 6.10 Å². The zero-order valence-corrected chi connectivity index (χ0v) is 9.00. The number of aliphatic hydroxyl groups excluding tert-OH is 1. The Balaban J connectivity index is 2.09. The Labute approximate surface area is 81.9 Å². The lowest BCUT2D eigenvalue weighted by molar-refractivity contribution is 0.0473. The molecule has 0 radical (unpaired) electrons. The molecule has 0 spiro atoms. The van der Waals surface area contributed by atoms with Gasteiger partial charge in [-0.15, -0.1) is 0 Å². The van der Waals surface area contributed by atoms with Crippen LogP contribution in [0.3, 0.4) is 0 Å². The lowest BCUT2D eigenvalue weighted by atomic mass is 9.80. The van der Waals surface area contributed by atoms with Gasteiger partial charge in [0.2, 0.25) is 0 Å². The molecule has 0 bridgehead atoms. The van der Waals surface area contributed by atoms with Crippen LogP contribution in [-0.2, 0) is 0 Å². The summed E-state index contributed by atoms with van der Waals surface area (Å²) < 4.78 is 0. The zero-order chi connectivity index (χ0) is 9.68. The Hall–Kier alpha value is -0.0800.